The average molecular weight is 623 g/mol. The van der Waals surface area contributed by atoms with Crippen LogP contribution in [0.5, 0.6) is 0 Å². The van der Waals surface area contributed by atoms with Crippen LogP contribution in [0.3, 0.4) is 0 Å². The van der Waals surface area contributed by atoms with E-state index >= 15 is 0 Å². The van der Waals surface area contributed by atoms with Crippen LogP contribution in [0.4, 0.5) is 23.0 Å². The molecule has 6 heterocycles. The predicted octanol–water partition coefficient (Wildman–Crippen LogP) is 4.02. The van der Waals surface area contributed by atoms with Crippen molar-refractivity contribution in [3.05, 3.63) is 81.8 Å². The Bertz CT molecular complexity index is 1870. The number of nitrogens with zero attached hydrogens (tertiary/aromatic N) is 6. The van der Waals surface area contributed by atoms with Crippen LogP contribution < -0.4 is 26.0 Å². The van der Waals surface area contributed by atoms with Gasteiger partial charge in [-0.2, -0.15) is 0 Å². The molecule has 0 aromatic carbocycles. The summed E-state index contributed by atoms with van der Waals surface area (Å²) in [6, 6.07) is 9.91. The van der Waals surface area contributed by atoms with Gasteiger partial charge < -0.3 is 29.8 Å². The van der Waals surface area contributed by atoms with E-state index in [0.717, 1.165) is 38.2 Å². The van der Waals surface area contributed by atoms with Gasteiger partial charge in [-0.3, -0.25) is 14.5 Å². The molecular formula is C35H42N8O3. The lowest BCUT2D eigenvalue weighted by molar-refractivity contribution is 0.0962. The minimum absolute atomic E-state index is 0.113. The van der Waals surface area contributed by atoms with E-state index in [-0.39, 0.29) is 16.9 Å². The van der Waals surface area contributed by atoms with E-state index in [1.165, 1.54) is 15.8 Å². The number of carbonyl (C=O) groups excluding carboxylic acids is 1. The molecule has 0 bridgehead atoms. The van der Waals surface area contributed by atoms with Crippen molar-refractivity contribution in [3.8, 4) is 11.1 Å². The van der Waals surface area contributed by atoms with Gasteiger partial charge in [0.1, 0.15) is 23.0 Å². The number of aliphatic hydroxyl groups is 1. The monoisotopic (exact) mass is 622 g/mol. The van der Waals surface area contributed by atoms with Crippen LogP contribution in [-0.2, 0) is 26.4 Å². The lowest BCUT2D eigenvalue weighted by Crippen LogP contribution is -2.49. The fourth-order valence-corrected chi connectivity index (χ4v) is 7.39. The minimum atomic E-state index is -0.916. The SMILES string of the molecule is CC(O)c1c(-c2cc(Nc3ccc(N4CCNC[C@@H]4C)cn3)c(=O)n(C)c2)ccnc1N1CCn2c(cc3c2CC(C)(C)C3)C1=O. The largest absolute Gasteiger partial charge is 0.389 e. The zero-order chi connectivity index (χ0) is 32.3. The number of fused-ring (bicyclic) bond motifs is 3. The molecule has 11 nitrogen and oxygen atoms in total. The van der Waals surface area contributed by atoms with Crippen molar-refractivity contribution >= 4 is 28.9 Å². The number of piperazine rings is 1. The molecule has 4 aromatic heterocycles. The fourth-order valence-electron chi connectivity index (χ4n) is 7.39. The third-order valence-electron chi connectivity index (χ3n) is 9.61. The molecule has 0 radical (unpaired) electrons. The van der Waals surface area contributed by atoms with Gasteiger partial charge in [-0.25, -0.2) is 9.97 Å². The van der Waals surface area contributed by atoms with E-state index in [0.29, 0.717) is 58.8 Å². The molecule has 4 aromatic rings. The van der Waals surface area contributed by atoms with Crippen molar-refractivity contribution in [1.82, 2.24) is 24.4 Å². The highest BCUT2D eigenvalue weighted by atomic mass is 16.3. The smallest absolute Gasteiger partial charge is 0.276 e. The molecule has 46 heavy (non-hydrogen) atoms. The summed E-state index contributed by atoms with van der Waals surface area (Å²) in [6.45, 7) is 12.3. The Morgan fingerprint density at radius 3 is 2.65 bits per heavy atom. The number of rotatable bonds is 6. The number of amides is 1. The van der Waals surface area contributed by atoms with Gasteiger partial charge >= 0.3 is 0 Å². The molecular weight excluding hydrogens is 580 g/mol. The number of nitrogens with one attached hydrogen (secondary N) is 2. The van der Waals surface area contributed by atoms with E-state index in [2.05, 4.69) is 50.8 Å². The van der Waals surface area contributed by atoms with Crippen molar-refractivity contribution < 1.29 is 9.90 Å². The molecule has 1 amide bonds. The van der Waals surface area contributed by atoms with Crippen molar-refractivity contribution in [2.45, 2.75) is 59.2 Å². The number of anilines is 4. The summed E-state index contributed by atoms with van der Waals surface area (Å²) in [6.07, 6.45) is 6.24. The zero-order valence-corrected chi connectivity index (χ0v) is 27.2. The first-order valence-corrected chi connectivity index (χ1v) is 16.1. The van der Waals surface area contributed by atoms with Gasteiger partial charge in [0.2, 0.25) is 0 Å². The van der Waals surface area contributed by atoms with Crippen LogP contribution in [0.25, 0.3) is 11.1 Å². The Morgan fingerprint density at radius 2 is 1.91 bits per heavy atom. The highest BCUT2D eigenvalue weighted by Crippen LogP contribution is 2.41. The van der Waals surface area contributed by atoms with Gasteiger partial charge in [-0.05, 0) is 73.6 Å². The van der Waals surface area contributed by atoms with E-state index in [1.807, 2.05) is 30.5 Å². The van der Waals surface area contributed by atoms with Gasteiger partial charge in [0.05, 0.1) is 18.0 Å². The van der Waals surface area contributed by atoms with Crippen LogP contribution >= 0.6 is 0 Å². The van der Waals surface area contributed by atoms with Crippen molar-refractivity contribution in [3.63, 3.8) is 0 Å². The summed E-state index contributed by atoms with van der Waals surface area (Å²) in [5.74, 6) is 0.884. The number of hydrogen-bond acceptors (Lipinski definition) is 8. The summed E-state index contributed by atoms with van der Waals surface area (Å²) >= 11 is 0. The molecule has 7 rings (SSSR count). The Hall–Kier alpha value is -4.48. The predicted molar refractivity (Wildman–Crippen MR) is 180 cm³/mol. The molecule has 3 N–H and O–H groups in total. The van der Waals surface area contributed by atoms with E-state index in [4.69, 9.17) is 0 Å². The first-order valence-electron chi connectivity index (χ1n) is 16.1. The molecule has 2 aliphatic heterocycles. The molecule has 3 aliphatic rings. The second-order valence-electron chi connectivity index (χ2n) is 13.7. The maximum atomic E-state index is 13.9. The first-order chi connectivity index (χ1) is 22.0. The summed E-state index contributed by atoms with van der Waals surface area (Å²) in [5.41, 5.74) is 6.54. The van der Waals surface area contributed by atoms with Crippen LogP contribution in [0, 0.1) is 5.41 Å². The van der Waals surface area contributed by atoms with Crippen molar-refractivity contribution in [1.29, 1.82) is 0 Å². The lowest BCUT2D eigenvalue weighted by atomic mass is 9.90. The Balaban J connectivity index is 1.20. The summed E-state index contributed by atoms with van der Waals surface area (Å²) in [4.78, 5) is 40.4. The molecule has 1 unspecified atom stereocenters. The van der Waals surface area contributed by atoms with E-state index in [1.54, 1.807) is 37.3 Å². The first kappa shape index (κ1) is 30.2. The second kappa shape index (κ2) is 11.4. The number of hydrogen-bond donors (Lipinski definition) is 3. The van der Waals surface area contributed by atoms with E-state index < -0.39 is 6.10 Å². The number of aromatic nitrogens is 4. The van der Waals surface area contributed by atoms with Crippen molar-refractivity contribution in [2.24, 2.45) is 12.5 Å². The summed E-state index contributed by atoms with van der Waals surface area (Å²) in [5, 5.41) is 17.7. The van der Waals surface area contributed by atoms with E-state index in [9.17, 15) is 14.7 Å². The summed E-state index contributed by atoms with van der Waals surface area (Å²) in [7, 11) is 1.70. The molecule has 240 valence electrons. The maximum Gasteiger partial charge on any atom is 0.276 e. The van der Waals surface area contributed by atoms with Crippen molar-refractivity contribution in [2.75, 3.05) is 41.3 Å². The fraction of sp³-hybridized carbons (Fsp3) is 0.429. The molecule has 0 saturated carbocycles. The number of aryl methyl sites for hydroxylation is 1. The lowest BCUT2D eigenvalue weighted by Gasteiger charge is -2.35. The Morgan fingerprint density at radius 1 is 1.09 bits per heavy atom. The van der Waals surface area contributed by atoms with Crippen LogP contribution in [0.2, 0.25) is 0 Å². The van der Waals surface area contributed by atoms with Gasteiger partial charge in [0.15, 0.2) is 0 Å². The number of pyridine rings is 3. The van der Waals surface area contributed by atoms with Gasteiger partial charge in [-0.15, -0.1) is 0 Å². The molecule has 1 aliphatic carbocycles. The molecule has 1 fully saturated rings. The second-order valence-corrected chi connectivity index (χ2v) is 13.7. The molecule has 11 heteroatoms. The Labute approximate surface area is 268 Å². The number of aliphatic hydroxyl groups excluding tert-OH is 1. The highest BCUT2D eigenvalue weighted by molar-refractivity contribution is 6.06. The average Bonchev–Trinajstić information content (AvgIpc) is 3.52. The quantitative estimate of drug-likeness (QED) is 0.295. The highest BCUT2D eigenvalue weighted by Gasteiger charge is 2.38. The number of carbonyl (C=O) groups is 1. The minimum Gasteiger partial charge on any atom is -0.389 e. The molecule has 2 atom stereocenters. The Kier molecular flexibility index (Phi) is 7.48. The topological polar surface area (TPSA) is 121 Å². The standard InChI is InChI=1S/C35H42N8O3/c1-21-18-36-10-11-41(21)25-6-7-30(38-19-25)39-27-14-24(20-40(5)33(27)45)26-8-9-37-32(31(26)22(2)44)43-13-12-42-28(34(43)46)15-23-16-35(3,4)17-29(23)42/h6-9,14-15,19-22,36,44H,10-13,16-18H2,1-5H3,(H,38,39)/t21-,22?/m0/s1. The van der Waals surface area contributed by atoms with Crippen LogP contribution in [-0.4, -0.2) is 62.3 Å². The third kappa shape index (κ3) is 5.27. The maximum absolute atomic E-state index is 13.9. The van der Waals surface area contributed by atoms with Gasteiger partial charge in [0, 0.05) is 75.0 Å². The summed E-state index contributed by atoms with van der Waals surface area (Å²) < 4.78 is 3.69. The van der Waals surface area contributed by atoms with Gasteiger partial charge in [0.25, 0.3) is 11.5 Å². The molecule has 1 saturated heterocycles. The van der Waals surface area contributed by atoms with Crippen LogP contribution in [0.1, 0.15) is 61.1 Å². The molecule has 0 spiro atoms. The van der Waals surface area contributed by atoms with Crippen LogP contribution in [0.15, 0.2) is 53.7 Å². The van der Waals surface area contributed by atoms with Gasteiger partial charge in [-0.1, -0.05) is 13.8 Å². The third-order valence-corrected chi connectivity index (χ3v) is 9.61. The normalized spacial score (nSPS) is 19.6. The zero-order valence-electron chi connectivity index (χ0n) is 27.2.